The zero-order chi connectivity index (χ0) is 19.3. The van der Waals surface area contributed by atoms with Crippen LogP contribution in [0.3, 0.4) is 0 Å². The van der Waals surface area contributed by atoms with Gasteiger partial charge in [-0.15, -0.1) is 11.3 Å². The number of carbonyl (C=O) groups excluding carboxylic acids is 1. The number of piperidine rings is 1. The van der Waals surface area contributed by atoms with Crippen LogP contribution in [-0.4, -0.2) is 29.0 Å². The highest BCUT2D eigenvalue weighted by Crippen LogP contribution is 2.27. The molecular formula is C20H18N4O2S2. The lowest BCUT2D eigenvalue weighted by Crippen LogP contribution is -2.37. The number of carbonyl (C=O) groups is 1. The molecule has 0 aliphatic carbocycles. The van der Waals surface area contributed by atoms with Crippen LogP contribution in [0.2, 0.25) is 0 Å². The molecule has 1 aliphatic heterocycles. The third kappa shape index (κ3) is 4.21. The predicted octanol–water partition coefficient (Wildman–Crippen LogP) is 4.10. The number of ether oxygens (including phenoxy) is 1. The number of nitrogens with zero attached hydrogens (tertiary/aromatic N) is 4. The lowest BCUT2D eigenvalue weighted by Gasteiger charge is -2.31. The summed E-state index contributed by atoms with van der Waals surface area (Å²) in [5.74, 6) is 0.594. The molecule has 142 valence electrons. The van der Waals surface area contributed by atoms with E-state index in [2.05, 4.69) is 26.3 Å². The summed E-state index contributed by atoms with van der Waals surface area (Å²) < 4.78 is 5.51. The first-order valence-corrected chi connectivity index (χ1v) is 10.8. The quantitative estimate of drug-likeness (QED) is 0.589. The van der Waals surface area contributed by atoms with E-state index in [0.29, 0.717) is 5.56 Å². The highest BCUT2D eigenvalue weighted by Gasteiger charge is 2.27. The molecule has 0 spiro atoms. The number of esters is 1. The SMILES string of the molecule is N#Cc1ccc(N2CCC(C(=O)OCc3csc(-c4ccsc4)n3)CC2)nc1. The first-order chi connectivity index (χ1) is 13.7. The number of anilines is 1. The van der Waals surface area contributed by atoms with Crippen LogP contribution in [0.1, 0.15) is 24.1 Å². The summed E-state index contributed by atoms with van der Waals surface area (Å²) in [6.45, 7) is 1.71. The van der Waals surface area contributed by atoms with Crippen LogP contribution in [0.15, 0.2) is 40.5 Å². The van der Waals surface area contributed by atoms with Crippen LogP contribution in [0, 0.1) is 17.2 Å². The second-order valence-electron chi connectivity index (χ2n) is 6.54. The summed E-state index contributed by atoms with van der Waals surface area (Å²) in [6.07, 6.45) is 3.05. The molecule has 3 aromatic heterocycles. The van der Waals surface area contributed by atoms with E-state index in [4.69, 9.17) is 10.00 Å². The summed E-state index contributed by atoms with van der Waals surface area (Å²) in [5.41, 5.74) is 2.45. The Morgan fingerprint density at radius 3 is 2.82 bits per heavy atom. The molecule has 6 nitrogen and oxygen atoms in total. The predicted molar refractivity (Wildman–Crippen MR) is 109 cm³/mol. The van der Waals surface area contributed by atoms with Crippen LogP contribution in [-0.2, 0) is 16.1 Å². The van der Waals surface area contributed by atoms with Gasteiger partial charge >= 0.3 is 5.97 Å². The van der Waals surface area contributed by atoms with Crippen molar-refractivity contribution in [3.8, 4) is 16.6 Å². The van der Waals surface area contributed by atoms with Gasteiger partial charge in [0, 0.05) is 35.6 Å². The molecule has 0 bridgehead atoms. The first kappa shape index (κ1) is 18.6. The second-order valence-corrected chi connectivity index (χ2v) is 8.18. The maximum Gasteiger partial charge on any atom is 0.309 e. The van der Waals surface area contributed by atoms with Crippen molar-refractivity contribution in [3.05, 3.63) is 51.8 Å². The average molecular weight is 411 g/mol. The fourth-order valence-corrected chi connectivity index (χ4v) is 4.66. The van der Waals surface area contributed by atoms with E-state index in [1.54, 1.807) is 34.9 Å². The largest absolute Gasteiger partial charge is 0.459 e. The van der Waals surface area contributed by atoms with Crippen molar-refractivity contribution in [2.75, 3.05) is 18.0 Å². The van der Waals surface area contributed by atoms with Gasteiger partial charge in [-0.05, 0) is 36.4 Å². The molecule has 28 heavy (non-hydrogen) atoms. The molecular weight excluding hydrogens is 392 g/mol. The van der Waals surface area contributed by atoms with Gasteiger partial charge in [-0.3, -0.25) is 4.79 Å². The Labute approximate surface area is 171 Å². The molecule has 1 saturated heterocycles. The minimum Gasteiger partial charge on any atom is -0.459 e. The van der Waals surface area contributed by atoms with Crippen molar-refractivity contribution in [1.29, 1.82) is 5.26 Å². The standard InChI is InChI=1S/C20H18N4O2S2/c21-9-14-1-2-18(22-10-14)24-6-3-15(4-7-24)20(25)26-11-17-13-28-19(23-17)16-5-8-27-12-16/h1-2,5,8,10,12-13,15H,3-4,6-7,11H2. The lowest BCUT2D eigenvalue weighted by atomic mass is 9.97. The number of hydrogen-bond acceptors (Lipinski definition) is 8. The van der Waals surface area contributed by atoms with Gasteiger partial charge in [0.25, 0.3) is 0 Å². The van der Waals surface area contributed by atoms with Crippen LogP contribution in [0.4, 0.5) is 5.82 Å². The number of pyridine rings is 1. The van der Waals surface area contributed by atoms with Gasteiger partial charge in [0.15, 0.2) is 0 Å². The van der Waals surface area contributed by atoms with Crippen LogP contribution in [0.25, 0.3) is 10.6 Å². The van der Waals surface area contributed by atoms with E-state index in [-0.39, 0.29) is 18.5 Å². The summed E-state index contributed by atoms with van der Waals surface area (Å²) in [5, 5.41) is 15.8. The van der Waals surface area contributed by atoms with Crippen molar-refractivity contribution < 1.29 is 9.53 Å². The van der Waals surface area contributed by atoms with E-state index in [1.807, 2.05) is 22.9 Å². The van der Waals surface area contributed by atoms with E-state index in [9.17, 15) is 4.79 Å². The second kappa shape index (κ2) is 8.50. The Hall–Kier alpha value is -2.76. The number of thiophene rings is 1. The Balaban J connectivity index is 1.26. The number of nitriles is 1. The molecule has 8 heteroatoms. The molecule has 1 fully saturated rings. The topological polar surface area (TPSA) is 79.1 Å². The molecule has 4 rings (SSSR count). The molecule has 3 aromatic rings. The molecule has 0 saturated carbocycles. The number of thiazole rings is 1. The minimum atomic E-state index is -0.155. The van der Waals surface area contributed by atoms with Gasteiger partial charge in [-0.25, -0.2) is 9.97 Å². The molecule has 0 radical (unpaired) electrons. The maximum absolute atomic E-state index is 12.4. The summed E-state index contributed by atoms with van der Waals surface area (Å²) in [4.78, 5) is 23.4. The molecule has 1 aliphatic rings. The molecule has 4 heterocycles. The number of rotatable bonds is 5. The summed E-state index contributed by atoms with van der Waals surface area (Å²) in [7, 11) is 0. The van der Waals surface area contributed by atoms with Crippen molar-refractivity contribution >= 4 is 34.5 Å². The number of hydrogen-bond donors (Lipinski definition) is 0. The van der Waals surface area contributed by atoms with E-state index >= 15 is 0 Å². The average Bonchev–Trinajstić information content (AvgIpc) is 3.44. The Morgan fingerprint density at radius 2 is 2.14 bits per heavy atom. The Kier molecular flexibility index (Phi) is 5.65. The molecule has 0 aromatic carbocycles. The van der Waals surface area contributed by atoms with Gasteiger partial charge in [-0.1, -0.05) is 0 Å². The van der Waals surface area contributed by atoms with Crippen molar-refractivity contribution in [1.82, 2.24) is 9.97 Å². The first-order valence-electron chi connectivity index (χ1n) is 8.97. The van der Waals surface area contributed by atoms with Crippen LogP contribution < -0.4 is 4.90 Å². The van der Waals surface area contributed by atoms with Crippen molar-refractivity contribution in [2.24, 2.45) is 5.92 Å². The zero-order valence-electron chi connectivity index (χ0n) is 15.1. The highest BCUT2D eigenvalue weighted by molar-refractivity contribution is 7.14. The van der Waals surface area contributed by atoms with Crippen LogP contribution in [0.5, 0.6) is 0 Å². The van der Waals surface area contributed by atoms with Crippen molar-refractivity contribution in [3.63, 3.8) is 0 Å². The monoisotopic (exact) mass is 410 g/mol. The molecule has 0 N–H and O–H groups in total. The Bertz CT molecular complexity index is 969. The molecule has 0 atom stereocenters. The normalized spacial score (nSPS) is 14.6. The summed E-state index contributed by atoms with van der Waals surface area (Å²) in [6, 6.07) is 7.72. The molecule has 0 amide bonds. The maximum atomic E-state index is 12.4. The fourth-order valence-electron chi connectivity index (χ4n) is 3.14. The van der Waals surface area contributed by atoms with Gasteiger partial charge in [0.05, 0.1) is 17.2 Å². The minimum absolute atomic E-state index is 0.0930. The number of aromatic nitrogens is 2. The smallest absolute Gasteiger partial charge is 0.309 e. The Morgan fingerprint density at radius 1 is 1.29 bits per heavy atom. The zero-order valence-corrected chi connectivity index (χ0v) is 16.7. The third-order valence-corrected chi connectivity index (χ3v) is 6.33. The molecule has 0 unspecified atom stereocenters. The van der Waals surface area contributed by atoms with Gasteiger partial charge in [-0.2, -0.15) is 16.6 Å². The third-order valence-electron chi connectivity index (χ3n) is 4.71. The lowest BCUT2D eigenvalue weighted by molar-refractivity contribution is -0.150. The van der Waals surface area contributed by atoms with E-state index in [1.165, 1.54) is 0 Å². The highest BCUT2D eigenvalue weighted by atomic mass is 32.1. The van der Waals surface area contributed by atoms with Gasteiger partial charge in [0.1, 0.15) is 23.5 Å². The van der Waals surface area contributed by atoms with Gasteiger partial charge < -0.3 is 9.64 Å². The fraction of sp³-hybridized carbons (Fsp3) is 0.300. The van der Waals surface area contributed by atoms with Crippen LogP contribution >= 0.6 is 22.7 Å². The summed E-state index contributed by atoms with van der Waals surface area (Å²) >= 11 is 3.21. The van der Waals surface area contributed by atoms with E-state index in [0.717, 1.165) is 48.0 Å². The van der Waals surface area contributed by atoms with Gasteiger partial charge in [0.2, 0.25) is 0 Å². The van der Waals surface area contributed by atoms with Crippen molar-refractivity contribution in [2.45, 2.75) is 19.4 Å². The van der Waals surface area contributed by atoms with E-state index < -0.39 is 0 Å².